The minimum Gasteiger partial charge on any atom is -0.349 e. The molecule has 1 fully saturated rings. The fourth-order valence-corrected chi connectivity index (χ4v) is 2.62. The molecule has 1 saturated carbocycles. The molecule has 1 aromatic heterocycles. The molecule has 108 valence electrons. The second-order valence-corrected chi connectivity index (χ2v) is 5.52. The molecule has 1 heterocycles. The molecule has 1 amide bonds. The number of nitrogens with two attached hydrogens (primary N) is 1. The highest BCUT2D eigenvalue weighted by Gasteiger charge is 2.28. The molecular weight excluding hydrogens is 262 g/mol. The third-order valence-electron chi connectivity index (χ3n) is 4.06. The molecule has 2 rings (SSSR count). The molecule has 3 N–H and O–H groups in total. The van der Waals surface area contributed by atoms with Gasteiger partial charge in [0.2, 0.25) is 0 Å². The molecule has 5 heteroatoms. The standard InChI is InChI=1S/C14H23N3O.ClH/c1-11-6-7-12(17(11)2)13(18)16-10-14(15)8-4-3-5-9-14;/h6-7H,3-5,8-10,15H2,1-2H3,(H,16,18);1H. The molecule has 0 radical (unpaired) electrons. The van der Waals surface area contributed by atoms with Crippen LogP contribution in [0.15, 0.2) is 12.1 Å². The van der Waals surface area contributed by atoms with Gasteiger partial charge >= 0.3 is 0 Å². The van der Waals surface area contributed by atoms with Crippen molar-refractivity contribution in [3.8, 4) is 0 Å². The van der Waals surface area contributed by atoms with Crippen molar-refractivity contribution in [2.45, 2.75) is 44.6 Å². The van der Waals surface area contributed by atoms with Gasteiger partial charge in [0, 0.05) is 24.8 Å². The number of carbonyl (C=O) groups is 1. The van der Waals surface area contributed by atoms with E-state index in [2.05, 4.69) is 5.32 Å². The molecule has 1 aliphatic rings. The second-order valence-electron chi connectivity index (χ2n) is 5.52. The number of nitrogens with zero attached hydrogens (tertiary/aromatic N) is 1. The van der Waals surface area contributed by atoms with Crippen molar-refractivity contribution in [3.05, 3.63) is 23.5 Å². The molecule has 19 heavy (non-hydrogen) atoms. The van der Waals surface area contributed by atoms with Gasteiger partial charge in [0.05, 0.1) is 0 Å². The topological polar surface area (TPSA) is 60.1 Å². The van der Waals surface area contributed by atoms with Crippen molar-refractivity contribution in [3.63, 3.8) is 0 Å². The van der Waals surface area contributed by atoms with Gasteiger partial charge in [-0.2, -0.15) is 0 Å². The highest BCUT2D eigenvalue weighted by molar-refractivity contribution is 5.92. The number of hydrogen-bond acceptors (Lipinski definition) is 2. The minimum absolute atomic E-state index is 0. The van der Waals surface area contributed by atoms with Gasteiger partial charge in [-0.15, -0.1) is 12.4 Å². The van der Waals surface area contributed by atoms with Gasteiger partial charge in [-0.3, -0.25) is 4.79 Å². The zero-order valence-corrected chi connectivity index (χ0v) is 12.6. The lowest BCUT2D eigenvalue weighted by Gasteiger charge is -2.33. The van der Waals surface area contributed by atoms with Crippen molar-refractivity contribution in [2.75, 3.05) is 6.54 Å². The fraction of sp³-hybridized carbons (Fsp3) is 0.643. The van der Waals surface area contributed by atoms with Gasteiger partial charge in [0.25, 0.3) is 5.91 Å². The molecule has 1 aromatic rings. The van der Waals surface area contributed by atoms with E-state index in [0.29, 0.717) is 12.2 Å². The molecule has 0 aromatic carbocycles. The summed E-state index contributed by atoms with van der Waals surface area (Å²) in [4.78, 5) is 12.1. The Morgan fingerprint density at radius 3 is 2.53 bits per heavy atom. The Morgan fingerprint density at radius 2 is 2.00 bits per heavy atom. The summed E-state index contributed by atoms with van der Waals surface area (Å²) in [6, 6.07) is 3.81. The first-order valence-electron chi connectivity index (χ1n) is 6.71. The lowest BCUT2D eigenvalue weighted by molar-refractivity contribution is 0.0929. The molecule has 0 aliphatic heterocycles. The van der Waals surface area contributed by atoms with Gasteiger partial charge in [0.1, 0.15) is 5.69 Å². The zero-order chi connectivity index (χ0) is 13.2. The summed E-state index contributed by atoms with van der Waals surface area (Å²) in [5.41, 5.74) is 7.89. The van der Waals surface area contributed by atoms with E-state index >= 15 is 0 Å². The number of halogens is 1. The number of amides is 1. The lowest BCUT2D eigenvalue weighted by atomic mass is 9.82. The first kappa shape index (κ1) is 16.1. The molecule has 0 atom stereocenters. The van der Waals surface area contributed by atoms with E-state index in [1.165, 1.54) is 19.3 Å². The summed E-state index contributed by atoms with van der Waals surface area (Å²) in [5.74, 6) is -0.0269. The van der Waals surface area contributed by atoms with Gasteiger partial charge in [-0.25, -0.2) is 0 Å². The van der Waals surface area contributed by atoms with Crippen LogP contribution in [0, 0.1) is 6.92 Å². The van der Waals surface area contributed by atoms with Crippen LogP contribution in [-0.4, -0.2) is 22.6 Å². The molecule has 0 spiro atoms. The van der Waals surface area contributed by atoms with Gasteiger partial charge in [0.15, 0.2) is 0 Å². The molecule has 1 aliphatic carbocycles. The van der Waals surface area contributed by atoms with Crippen LogP contribution in [0.4, 0.5) is 0 Å². The van der Waals surface area contributed by atoms with E-state index in [9.17, 15) is 4.79 Å². The van der Waals surface area contributed by atoms with E-state index in [1.807, 2.05) is 30.7 Å². The highest BCUT2D eigenvalue weighted by Crippen LogP contribution is 2.25. The summed E-state index contributed by atoms with van der Waals surface area (Å²) in [7, 11) is 1.91. The Labute approximate surface area is 121 Å². The number of carbonyl (C=O) groups excluding carboxylic acids is 1. The lowest BCUT2D eigenvalue weighted by Crippen LogP contribution is -2.51. The summed E-state index contributed by atoms with van der Waals surface area (Å²) in [6.07, 6.45) is 5.65. The second kappa shape index (κ2) is 6.44. The van der Waals surface area contributed by atoms with E-state index in [4.69, 9.17) is 5.73 Å². The molecule has 0 bridgehead atoms. The number of aromatic nitrogens is 1. The first-order valence-corrected chi connectivity index (χ1v) is 6.71. The maximum absolute atomic E-state index is 12.1. The van der Waals surface area contributed by atoms with Crippen molar-refractivity contribution in [2.24, 2.45) is 12.8 Å². The average molecular weight is 286 g/mol. The smallest absolute Gasteiger partial charge is 0.267 e. The Kier molecular flexibility index (Phi) is 5.44. The van der Waals surface area contributed by atoms with Crippen LogP contribution in [-0.2, 0) is 7.05 Å². The Morgan fingerprint density at radius 1 is 1.37 bits per heavy atom. The molecular formula is C14H24ClN3O. The monoisotopic (exact) mass is 285 g/mol. The van der Waals surface area contributed by atoms with Crippen LogP contribution in [0.25, 0.3) is 0 Å². The van der Waals surface area contributed by atoms with Crippen LogP contribution in [0.1, 0.15) is 48.3 Å². The van der Waals surface area contributed by atoms with Crippen LogP contribution in [0.2, 0.25) is 0 Å². The Bertz CT molecular complexity index is 436. The number of aryl methyl sites for hydroxylation is 1. The predicted molar refractivity (Wildman–Crippen MR) is 79.7 cm³/mol. The Balaban J connectivity index is 0.00000180. The average Bonchev–Trinajstić information content (AvgIpc) is 2.68. The van der Waals surface area contributed by atoms with E-state index in [1.54, 1.807) is 0 Å². The molecule has 0 unspecified atom stereocenters. The first-order chi connectivity index (χ1) is 8.52. The fourth-order valence-electron chi connectivity index (χ4n) is 2.62. The van der Waals surface area contributed by atoms with Crippen LogP contribution < -0.4 is 11.1 Å². The third-order valence-corrected chi connectivity index (χ3v) is 4.06. The maximum Gasteiger partial charge on any atom is 0.267 e. The van der Waals surface area contributed by atoms with Gasteiger partial charge in [-0.1, -0.05) is 19.3 Å². The van der Waals surface area contributed by atoms with E-state index in [-0.39, 0.29) is 23.9 Å². The van der Waals surface area contributed by atoms with Gasteiger partial charge in [-0.05, 0) is 31.9 Å². The van der Waals surface area contributed by atoms with Crippen LogP contribution >= 0.6 is 12.4 Å². The van der Waals surface area contributed by atoms with Crippen molar-refractivity contribution < 1.29 is 4.79 Å². The number of rotatable bonds is 3. The predicted octanol–water partition coefficient (Wildman–Crippen LogP) is 2.15. The number of nitrogens with one attached hydrogen (secondary N) is 1. The van der Waals surface area contributed by atoms with Crippen molar-refractivity contribution >= 4 is 18.3 Å². The summed E-state index contributed by atoms with van der Waals surface area (Å²) in [6.45, 7) is 2.57. The van der Waals surface area contributed by atoms with Crippen molar-refractivity contribution in [1.29, 1.82) is 0 Å². The third kappa shape index (κ3) is 3.74. The summed E-state index contributed by atoms with van der Waals surface area (Å²) >= 11 is 0. The highest BCUT2D eigenvalue weighted by atomic mass is 35.5. The summed E-state index contributed by atoms with van der Waals surface area (Å²) < 4.78 is 1.90. The van der Waals surface area contributed by atoms with E-state index in [0.717, 1.165) is 18.5 Å². The van der Waals surface area contributed by atoms with Gasteiger partial charge < -0.3 is 15.6 Å². The minimum atomic E-state index is -0.200. The largest absolute Gasteiger partial charge is 0.349 e. The maximum atomic E-state index is 12.1. The van der Waals surface area contributed by atoms with Crippen molar-refractivity contribution in [1.82, 2.24) is 9.88 Å². The number of hydrogen-bond donors (Lipinski definition) is 2. The Hall–Kier alpha value is -1.00. The molecule has 0 saturated heterocycles. The normalized spacial score (nSPS) is 17.6. The van der Waals surface area contributed by atoms with Crippen LogP contribution in [0.3, 0.4) is 0 Å². The quantitative estimate of drug-likeness (QED) is 0.894. The summed E-state index contributed by atoms with van der Waals surface area (Å²) in [5, 5.41) is 2.98. The van der Waals surface area contributed by atoms with Crippen LogP contribution in [0.5, 0.6) is 0 Å². The SMILES string of the molecule is Cc1ccc(C(=O)NCC2(N)CCCCC2)n1C.Cl. The zero-order valence-electron chi connectivity index (χ0n) is 11.7. The van der Waals surface area contributed by atoms with E-state index < -0.39 is 0 Å². The molecule has 4 nitrogen and oxygen atoms in total.